The van der Waals surface area contributed by atoms with Gasteiger partial charge in [0.1, 0.15) is 5.75 Å². The first-order chi connectivity index (χ1) is 10.3. The van der Waals surface area contributed by atoms with E-state index < -0.39 is 11.7 Å². The maximum Gasteiger partial charge on any atom is 0.417 e. The number of methoxy groups -OCH3 is 1. The minimum Gasteiger partial charge on any atom is -0.497 e. The van der Waals surface area contributed by atoms with Crippen LogP contribution in [0, 0.1) is 0 Å². The minimum absolute atomic E-state index is 0.00593. The average molecular weight is 364 g/mol. The van der Waals surface area contributed by atoms with Crippen molar-refractivity contribution >= 4 is 41.5 Å². The van der Waals surface area contributed by atoms with Crippen LogP contribution >= 0.6 is 23.4 Å². The molecule has 2 rings (SSSR count). The van der Waals surface area contributed by atoms with Crippen LogP contribution in [0.25, 0.3) is 0 Å². The molecular weight excluding hydrogens is 355 g/mol. The summed E-state index contributed by atoms with van der Waals surface area (Å²) in [5, 5.41) is -0.0424. The van der Waals surface area contributed by atoms with Crippen molar-refractivity contribution in [2.24, 2.45) is 4.36 Å². The van der Waals surface area contributed by atoms with Gasteiger partial charge in [-0.05, 0) is 36.4 Å². The molecule has 0 aliphatic heterocycles. The summed E-state index contributed by atoms with van der Waals surface area (Å²) < 4.78 is 48.0. The van der Waals surface area contributed by atoms with Gasteiger partial charge in [-0.3, -0.25) is 0 Å². The van der Waals surface area contributed by atoms with E-state index in [4.69, 9.17) is 16.3 Å². The van der Waals surface area contributed by atoms with Gasteiger partial charge >= 0.3 is 6.18 Å². The van der Waals surface area contributed by atoms with E-state index in [0.717, 1.165) is 17.8 Å². The van der Waals surface area contributed by atoms with E-state index in [-0.39, 0.29) is 15.6 Å². The average Bonchev–Trinajstić information content (AvgIpc) is 2.48. The highest BCUT2D eigenvalue weighted by Gasteiger charge is 2.35. The SMILES string of the molecule is COc1ccc(Sc2c(Cl)cc(N=S)cc2C(F)(F)F)cc1. The van der Waals surface area contributed by atoms with Crippen molar-refractivity contribution in [2.75, 3.05) is 7.11 Å². The Balaban J connectivity index is 2.46. The molecule has 0 saturated carbocycles. The molecule has 0 amide bonds. The number of alkyl halides is 3. The van der Waals surface area contributed by atoms with Gasteiger partial charge in [0.05, 0.1) is 23.4 Å². The van der Waals surface area contributed by atoms with Crippen LogP contribution in [0.3, 0.4) is 0 Å². The summed E-state index contributed by atoms with van der Waals surface area (Å²) in [7, 11) is 1.51. The van der Waals surface area contributed by atoms with Gasteiger partial charge in [0.2, 0.25) is 0 Å². The highest BCUT2D eigenvalue weighted by molar-refractivity contribution is 7.99. The van der Waals surface area contributed by atoms with Gasteiger partial charge in [-0.15, -0.1) is 0 Å². The first-order valence-electron chi connectivity index (χ1n) is 5.91. The molecule has 0 saturated heterocycles. The van der Waals surface area contributed by atoms with Crippen LogP contribution in [0.4, 0.5) is 18.9 Å². The molecule has 0 fully saturated rings. The monoisotopic (exact) mass is 363 g/mol. The lowest BCUT2D eigenvalue weighted by Gasteiger charge is -2.15. The Kier molecular flexibility index (Phi) is 5.31. The lowest BCUT2D eigenvalue weighted by Crippen LogP contribution is -2.07. The molecule has 0 spiro atoms. The van der Waals surface area contributed by atoms with Gasteiger partial charge in [-0.1, -0.05) is 23.4 Å². The van der Waals surface area contributed by atoms with Crippen LogP contribution in [-0.2, 0) is 18.6 Å². The molecule has 0 bridgehead atoms. The van der Waals surface area contributed by atoms with E-state index >= 15 is 0 Å². The fourth-order valence-corrected chi connectivity index (χ4v) is 3.09. The Morgan fingerprint density at radius 2 is 1.82 bits per heavy atom. The van der Waals surface area contributed by atoms with Gasteiger partial charge in [-0.25, -0.2) is 0 Å². The molecule has 0 aromatic heterocycles. The zero-order valence-corrected chi connectivity index (χ0v) is 13.5. The molecule has 8 heteroatoms. The smallest absolute Gasteiger partial charge is 0.417 e. The first kappa shape index (κ1) is 17.1. The Labute approximate surface area is 139 Å². The molecular formula is C14H9ClF3NOS2. The van der Waals surface area contributed by atoms with Gasteiger partial charge < -0.3 is 4.74 Å². The van der Waals surface area contributed by atoms with Crippen molar-refractivity contribution in [1.29, 1.82) is 0 Å². The molecule has 0 aliphatic rings. The molecule has 2 nitrogen and oxygen atoms in total. The first-order valence-corrected chi connectivity index (χ1v) is 7.47. The maximum atomic E-state index is 13.2. The summed E-state index contributed by atoms with van der Waals surface area (Å²) in [5.41, 5.74) is -0.851. The van der Waals surface area contributed by atoms with Crippen LogP contribution in [0.1, 0.15) is 5.56 Å². The molecule has 0 atom stereocenters. The molecule has 2 aromatic rings. The van der Waals surface area contributed by atoms with Crippen molar-refractivity contribution in [3.8, 4) is 5.75 Å². The van der Waals surface area contributed by atoms with E-state index in [1.807, 2.05) is 0 Å². The zero-order chi connectivity index (χ0) is 16.3. The van der Waals surface area contributed by atoms with Crippen LogP contribution in [0.2, 0.25) is 5.02 Å². The Hall–Kier alpha value is -1.31. The maximum absolute atomic E-state index is 13.2. The molecule has 0 radical (unpaired) electrons. The highest BCUT2D eigenvalue weighted by atomic mass is 35.5. The number of benzene rings is 2. The molecule has 0 N–H and O–H groups in total. The van der Waals surface area contributed by atoms with Crippen molar-refractivity contribution in [2.45, 2.75) is 16.0 Å². The summed E-state index contributed by atoms with van der Waals surface area (Å²) in [4.78, 5) is 0.526. The summed E-state index contributed by atoms with van der Waals surface area (Å²) in [5.74, 6) is 0.617. The van der Waals surface area contributed by atoms with E-state index in [9.17, 15) is 13.2 Å². The van der Waals surface area contributed by atoms with Gasteiger partial charge in [0.15, 0.2) is 0 Å². The third kappa shape index (κ3) is 3.91. The minimum atomic E-state index is -4.55. The van der Waals surface area contributed by atoms with Crippen molar-refractivity contribution in [1.82, 2.24) is 0 Å². The molecule has 2 aromatic carbocycles. The van der Waals surface area contributed by atoms with E-state index in [1.54, 1.807) is 24.3 Å². The van der Waals surface area contributed by atoms with Crippen LogP contribution in [-0.4, -0.2) is 7.11 Å². The Bertz CT molecular complexity index is 690. The zero-order valence-electron chi connectivity index (χ0n) is 11.1. The van der Waals surface area contributed by atoms with E-state index in [0.29, 0.717) is 10.6 Å². The normalized spacial score (nSPS) is 11.3. The number of rotatable bonds is 4. The predicted octanol–water partition coefficient (Wildman–Crippen LogP) is 5.88. The van der Waals surface area contributed by atoms with Crippen LogP contribution in [0.15, 0.2) is 50.6 Å². The summed E-state index contributed by atoms with van der Waals surface area (Å²) in [6.45, 7) is 0. The van der Waals surface area contributed by atoms with Gasteiger partial charge in [0.25, 0.3) is 0 Å². The Morgan fingerprint density at radius 1 is 1.18 bits per heavy atom. The molecule has 22 heavy (non-hydrogen) atoms. The molecule has 0 unspecified atom stereocenters. The number of hydrogen-bond donors (Lipinski definition) is 0. The Morgan fingerprint density at radius 3 is 2.32 bits per heavy atom. The number of nitrogens with zero attached hydrogens (tertiary/aromatic N) is 1. The van der Waals surface area contributed by atoms with Gasteiger partial charge in [0, 0.05) is 22.2 Å². The fourth-order valence-electron chi connectivity index (χ4n) is 1.71. The third-order valence-electron chi connectivity index (χ3n) is 2.72. The van der Waals surface area contributed by atoms with Gasteiger partial charge in [-0.2, -0.15) is 17.5 Å². The van der Waals surface area contributed by atoms with Crippen molar-refractivity contribution in [3.05, 3.63) is 47.0 Å². The molecule has 0 heterocycles. The van der Waals surface area contributed by atoms with E-state index in [2.05, 4.69) is 16.8 Å². The summed E-state index contributed by atoms with van der Waals surface area (Å²) in [6.07, 6.45) is -4.55. The number of hydrogen-bond acceptors (Lipinski definition) is 4. The quantitative estimate of drug-likeness (QED) is 0.677. The molecule has 0 aliphatic carbocycles. The lowest BCUT2D eigenvalue weighted by atomic mass is 10.2. The van der Waals surface area contributed by atoms with Crippen molar-refractivity contribution in [3.63, 3.8) is 0 Å². The summed E-state index contributed by atoms with van der Waals surface area (Å²) >= 11 is 11.3. The molecule has 116 valence electrons. The largest absolute Gasteiger partial charge is 0.497 e. The second-order valence-corrected chi connectivity index (χ2v) is 5.84. The van der Waals surface area contributed by atoms with E-state index in [1.165, 1.54) is 13.2 Å². The lowest BCUT2D eigenvalue weighted by molar-refractivity contribution is -0.139. The van der Waals surface area contributed by atoms with Crippen LogP contribution in [0.5, 0.6) is 5.75 Å². The summed E-state index contributed by atoms with van der Waals surface area (Å²) in [6, 6.07) is 8.85. The predicted molar refractivity (Wildman–Crippen MR) is 83.0 cm³/mol. The second-order valence-electron chi connectivity index (χ2n) is 4.17. The fraction of sp³-hybridized carbons (Fsp3) is 0.143. The van der Waals surface area contributed by atoms with Crippen molar-refractivity contribution < 1.29 is 17.9 Å². The highest BCUT2D eigenvalue weighted by Crippen LogP contribution is 2.45. The second kappa shape index (κ2) is 6.85. The number of ether oxygens (including phenoxy) is 1. The number of halogens is 4. The van der Waals surface area contributed by atoms with Crippen LogP contribution < -0.4 is 4.74 Å². The standard InChI is InChI=1S/C14H9ClF3NOS2/c1-20-9-2-4-10(5-3-9)22-13-11(14(16,17)18)6-8(19-21)7-12(13)15/h2-7H,1H3. The third-order valence-corrected chi connectivity index (χ3v) is 4.49. The topological polar surface area (TPSA) is 21.6 Å².